The van der Waals surface area contributed by atoms with Gasteiger partial charge in [0, 0.05) is 14.6 Å². The van der Waals surface area contributed by atoms with E-state index in [-0.39, 0.29) is 12.5 Å². The smallest absolute Gasteiger partial charge is 0.263 e. The molecule has 1 amide bonds. The Balaban J connectivity index is 1.84. The molecule has 2 aromatic heterocycles. The Morgan fingerprint density at radius 3 is 3.00 bits per heavy atom. The fourth-order valence-electron chi connectivity index (χ4n) is 1.95. The second-order valence-corrected chi connectivity index (χ2v) is 6.28. The Morgan fingerprint density at radius 2 is 2.33 bits per heavy atom. The second-order valence-electron chi connectivity index (χ2n) is 4.38. The Bertz CT molecular complexity index is 827. The zero-order chi connectivity index (χ0) is 15.0. The van der Waals surface area contributed by atoms with Crippen LogP contribution in [0.5, 0.6) is 0 Å². The van der Waals surface area contributed by atoms with Gasteiger partial charge in [0.1, 0.15) is 4.88 Å². The van der Waals surface area contributed by atoms with Crippen LogP contribution in [0.2, 0.25) is 0 Å². The Morgan fingerprint density at radius 1 is 1.52 bits per heavy atom. The number of benzene rings is 1. The van der Waals surface area contributed by atoms with Crippen LogP contribution in [-0.4, -0.2) is 16.0 Å². The van der Waals surface area contributed by atoms with Gasteiger partial charge >= 0.3 is 0 Å². The molecule has 21 heavy (non-hydrogen) atoms. The minimum atomic E-state index is -0.253. The molecule has 3 N–H and O–H groups in total. The van der Waals surface area contributed by atoms with Crippen molar-refractivity contribution in [1.29, 1.82) is 0 Å². The van der Waals surface area contributed by atoms with Gasteiger partial charge in [0.25, 0.3) is 5.91 Å². The van der Waals surface area contributed by atoms with Crippen molar-refractivity contribution in [1.82, 2.24) is 15.5 Å². The van der Waals surface area contributed by atoms with E-state index in [1.54, 1.807) is 6.92 Å². The van der Waals surface area contributed by atoms with Crippen LogP contribution in [0.15, 0.2) is 27.2 Å². The van der Waals surface area contributed by atoms with Crippen molar-refractivity contribution in [3.05, 3.63) is 39.3 Å². The first-order valence-electron chi connectivity index (χ1n) is 6.10. The quantitative estimate of drug-likeness (QED) is 0.742. The Kier molecular flexibility index (Phi) is 3.64. The van der Waals surface area contributed by atoms with Gasteiger partial charge in [0.2, 0.25) is 5.89 Å². The highest BCUT2D eigenvalue weighted by molar-refractivity contribution is 9.10. The minimum absolute atomic E-state index is 0.175. The molecule has 0 aliphatic heterocycles. The average molecular weight is 367 g/mol. The lowest BCUT2D eigenvalue weighted by molar-refractivity contribution is 0.0951. The third-order valence-corrected chi connectivity index (χ3v) is 4.71. The second kappa shape index (κ2) is 5.45. The predicted molar refractivity (Wildman–Crippen MR) is 84.1 cm³/mol. The molecule has 0 fully saturated rings. The molecule has 0 bridgehead atoms. The van der Waals surface area contributed by atoms with Crippen LogP contribution in [-0.2, 0) is 6.54 Å². The minimum Gasteiger partial charge on any atom is -0.397 e. The number of nitrogens with two attached hydrogens (primary N) is 1. The summed E-state index contributed by atoms with van der Waals surface area (Å²) < 4.78 is 6.78. The molecule has 108 valence electrons. The number of aromatic nitrogens is 2. The maximum Gasteiger partial charge on any atom is 0.263 e. The zero-order valence-electron chi connectivity index (χ0n) is 11.0. The van der Waals surface area contributed by atoms with Crippen LogP contribution < -0.4 is 11.1 Å². The highest BCUT2D eigenvalue weighted by Crippen LogP contribution is 2.38. The maximum atomic E-state index is 12.2. The Labute approximate surface area is 132 Å². The van der Waals surface area contributed by atoms with E-state index >= 15 is 0 Å². The number of amides is 1. The largest absolute Gasteiger partial charge is 0.397 e. The number of carbonyl (C=O) groups is 1. The first-order valence-corrected chi connectivity index (χ1v) is 7.71. The number of aryl methyl sites for hydroxylation is 1. The number of nitrogens with one attached hydrogen (secondary N) is 1. The number of fused-ring (bicyclic) bond motifs is 1. The first-order chi connectivity index (χ1) is 10.1. The predicted octanol–water partition coefficient (Wildman–Crippen LogP) is 2.87. The summed E-state index contributed by atoms with van der Waals surface area (Å²) >= 11 is 4.80. The van der Waals surface area contributed by atoms with Gasteiger partial charge in [-0.25, -0.2) is 0 Å². The van der Waals surface area contributed by atoms with Gasteiger partial charge in [-0.3, -0.25) is 4.79 Å². The van der Waals surface area contributed by atoms with Crippen LogP contribution in [0.4, 0.5) is 5.69 Å². The van der Waals surface area contributed by atoms with Crippen LogP contribution in [0, 0.1) is 6.92 Å². The monoisotopic (exact) mass is 366 g/mol. The lowest BCUT2D eigenvalue weighted by atomic mass is 10.2. The van der Waals surface area contributed by atoms with E-state index in [4.69, 9.17) is 10.3 Å². The maximum absolute atomic E-state index is 12.2. The van der Waals surface area contributed by atoms with Gasteiger partial charge in [-0.05, 0) is 19.1 Å². The summed E-state index contributed by atoms with van der Waals surface area (Å²) in [7, 11) is 0. The molecule has 3 aromatic rings. The molecule has 0 unspecified atom stereocenters. The highest BCUT2D eigenvalue weighted by atomic mass is 79.9. The SMILES string of the molecule is Cc1noc(CNC(=O)c2sc3cccc(Br)c3c2N)n1. The van der Waals surface area contributed by atoms with Crippen molar-refractivity contribution in [2.24, 2.45) is 0 Å². The third-order valence-electron chi connectivity index (χ3n) is 2.88. The van der Waals surface area contributed by atoms with Gasteiger partial charge in [-0.2, -0.15) is 4.98 Å². The van der Waals surface area contributed by atoms with Crippen molar-refractivity contribution in [3.8, 4) is 0 Å². The van der Waals surface area contributed by atoms with E-state index in [0.717, 1.165) is 14.6 Å². The normalized spacial score (nSPS) is 11.0. The lowest BCUT2D eigenvalue weighted by Crippen LogP contribution is -2.22. The molecular weight excluding hydrogens is 356 g/mol. The standard InChI is InChI=1S/C13H11BrN4O2S/c1-6-17-9(20-18-6)5-16-13(19)12-11(15)10-7(14)3-2-4-8(10)21-12/h2-4H,5,15H2,1H3,(H,16,19). The molecule has 0 atom stereocenters. The summed E-state index contributed by atoms with van der Waals surface area (Å²) in [5, 5.41) is 7.26. The number of nitrogens with zero attached hydrogens (tertiary/aromatic N) is 2. The van der Waals surface area contributed by atoms with E-state index in [9.17, 15) is 4.79 Å². The molecule has 0 aliphatic carbocycles. The molecule has 0 saturated heterocycles. The van der Waals surface area contributed by atoms with Crippen LogP contribution in [0.25, 0.3) is 10.1 Å². The number of halogens is 1. The lowest BCUT2D eigenvalue weighted by Gasteiger charge is -2.01. The highest BCUT2D eigenvalue weighted by Gasteiger charge is 2.18. The third kappa shape index (κ3) is 2.64. The number of anilines is 1. The van der Waals surface area contributed by atoms with Crippen molar-refractivity contribution in [3.63, 3.8) is 0 Å². The summed E-state index contributed by atoms with van der Waals surface area (Å²) in [4.78, 5) is 16.7. The van der Waals surface area contributed by atoms with Gasteiger partial charge in [0.15, 0.2) is 5.82 Å². The Hall–Kier alpha value is -1.93. The fraction of sp³-hybridized carbons (Fsp3) is 0.154. The van der Waals surface area contributed by atoms with E-state index in [1.165, 1.54) is 11.3 Å². The number of thiophene rings is 1. The molecular formula is C13H11BrN4O2S. The number of carbonyl (C=O) groups excluding carboxylic acids is 1. The van der Waals surface area contributed by atoms with E-state index in [0.29, 0.717) is 22.3 Å². The summed E-state index contributed by atoms with van der Waals surface area (Å²) in [6.07, 6.45) is 0. The van der Waals surface area contributed by atoms with Crippen molar-refractivity contribution >= 4 is 48.9 Å². The van der Waals surface area contributed by atoms with Crippen LogP contribution in [0.1, 0.15) is 21.4 Å². The molecule has 0 radical (unpaired) electrons. The van der Waals surface area contributed by atoms with Crippen molar-refractivity contribution < 1.29 is 9.32 Å². The molecule has 1 aromatic carbocycles. The van der Waals surface area contributed by atoms with Crippen molar-refractivity contribution in [2.45, 2.75) is 13.5 Å². The van der Waals surface area contributed by atoms with Gasteiger partial charge in [-0.1, -0.05) is 27.2 Å². The molecule has 3 rings (SSSR count). The molecule has 8 heteroatoms. The van der Waals surface area contributed by atoms with Crippen molar-refractivity contribution in [2.75, 3.05) is 5.73 Å². The molecule has 6 nitrogen and oxygen atoms in total. The summed E-state index contributed by atoms with van der Waals surface area (Å²) in [5.74, 6) is 0.641. The van der Waals surface area contributed by atoms with E-state index in [2.05, 4.69) is 31.4 Å². The molecule has 2 heterocycles. The first kappa shape index (κ1) is 14.0. The number of hydrogen-bond acceptors (Lipinski definition) is 6. The van der Waals surface area contributed by atoms with Gasteiger partial charge < -0.3 is 15.6 Å². The van der Waals surface area contributed by atoms with E-state index in [1.807, 2.05) is 18.2 Å². The molecule has 0 aliphatic rings. The average Bonchev–Trinajstić information content (AvgIpc) is 3.01. The zero-order valence-corrected chi connectivity index (χ0v) is 13.4. The number of nitrogen functional groups attached to an aromatic ring is 1. The van der Waals surface area contributed by atoms with Gasteiger partial charge in [0.05, 0.1) is 12.2 Å². The van der Waals surface area contributed by atoms with E-state index < -0.39 is 0 Å². The topological polar surface area (TPSA) is 94.0 Å². The fourth-order valence-corrected chi connectivity index (χ4v) is 3.72. The van der Waals surface area contributed by atoms with Crippen LogP contribution in [0.3, 0.4) is 0 Å². The number of hydrogen-bond donors (Lipinski definition) is 2. The molecule has 0 saturated carbocycles. The number of rotatable bonds is 3. The summed E-state index contributed by atoms with van der Waals surface area (Å²) in [5.41, 5.74) is 6.56. The summed E-state index contributed by atoms with van der Waals surface area (Å²) in [6, 6.07) is 5.73. The van der Waals surface area contributed by atoms with Gasteiger partial charge in [-0.15, -0.1) is 11.3 Å². The van der Waals surface area contributed by atoms with Crippen LogP contribution >= 0.6 is 27.3 Å². The molecule has 0 spiro atoms. The summed E-state index contributed by atoms with van der Waals surface area (Å²) in [6.45, 7) is 1.89.